The van der Waals surface area contributed by atoms with E-state index in [0.29, 0.717) is 34.3 Å². The van der Waals surface area contributed by atoms with Crippen LogP contribution in [0.3, 0.4) is 0 Å². The number of fused-ring (bicyclic) bond motifs is 1. The number of halogens is 1. The summed E-state index contributed by atoms with van der Waals surface area (Å²) in [5.41, 5.74) is 1.63. The molecule has 0 unspecified atom stereocenters. The van der Waals surface area contributed by atoms with Crippen LogP contribution in [0.4, 0.5) is 5.69 Å². The molecule has 3 aromatic carbocycles. The smallest absolute Gasteiger partial charge is 0.261 e. The van der Waals surface area contributed by atoms with E-state index in [2.05, 4.69) is 10.0 Å². The van der Waals surface area contributed by atoms with E-state index in [1.807, 2.05) is 12.1 Å². The molecule has 30 heavy (non-hydrogen) atoms. The molecule has 3 aromatic rings. The lowest BCUT2D eigenvalue weighted by Gasteiger charge is -2.10. The Balaban J connectivity index is 1.38. The number of carbonyl (C=O) groups is 1. The second-order valence-corrected chi connectivity index (χ2v) is 8.63. The summed E-state index contributed by atoms with van der Waals surface area (Å²) in [6, 6.07) is 17.5. The van der Waals surface area contributed by atoms with Gasteiger partial charge in [-0.1, -0.05) is 17.7 Å². The summed E-state index contributed by atoms with van der Waals surface area (Å²) in [5.74, 6) is 1.06. The minimum absolute atomic E-state index is 0.0949. The molecule has 1 heterocycles. The van der Waals surface area contributed by atoms with Crippen LogP contribution >= 0.6 is 11.6 Å². The highest BCUT2D eigenvalue weighted by Crippen LogP contribution is 2.32. The van der Waals surface area contributed by atoms with Crippen molar-refractivity contribution < 1.29 is 22.7 Å². The number of hydrogen-bond acceptors (Lipinski definition) is 5. The number of hydrogen-bond donors (Lipinski definition) is 2. The maximum atomic E-state index is 12.4. The molecule has 0 saturated heterocycles. The Morgan fingerprint density at radius 3 is 2.37 bits per heavy atom. The molecule has 7 nitrogen and oxygen atoms in total. The van der Waals surface area contributed by atoms with Crippen LogP contribution in [0.25, 0.3) is 0 Å². The second kappa shape index (κ2) is 8.25. The van der Waals surface area contributed by atoms with Crippen LogP contribution in [0.5, 0.6) is 11.5 Å². The Kier molecular flexibility index (Phi) is 5.52. The number of amides is 1. The Labute approximate surface area is 178 Å². The molecule has 0 bridgehead atoms. The van der Waals surface area contributed by atoms with Gasteiger partial charge in [0, 0.05) is 22.8 Å². The highest BCUT2D eigenvalue weighted by molar-refractivity contribution is 7.92. The zero-order valence-electron chi connectivity index (χ0n) is 15.6. The van der Waals surface area contributed by atoms with Crippen LogP contribution in [0.15, 0.2) is 71.6 Å². The van der Waals surface area contributed by atoms with E-state index in [4.69, 9.17) is 21.1 Å². The van der Waals surface area contributed by atoms with E-state index in [9.17, 15) is 13.2 Å². The summed E-state index contributed by atoms with van der Waals surface area (Å²) in [5, 5.41) is 3.27. The topological polar surface area (TPSA) is 93.7 Å². The average molecular weight is 445 g/mol. The van der Waals surface area contributed by atoms with E-state index in [0.717, 1.165) is 5.56 Å². The Bertz CT molecular complexity index is 1180. The quantitative estimate of drug-likeness (QED) is 0.603. The molecule has 0 aliphatic carbocycles. The molecule has 1 aliphatic rings. The zero-order valence-corrected chi connectivity index (χ0v) is 17.2. The van der Waals surface area contributed by atoms with Crippen LogP contribution in [0, 0.1) is 0 Å². The van der Waals surface area contributed by atoms with Crippen LogP contribution < -0.4 is 19.5 Å². The molecule has 1 aliphatic heterocycles. The highest BCUT2D eigenvalue weighted by Gasteiger charge is 2.15. The van der Waals surface area contributed by atoms with Crippen LogP contribution in [0.2, 0.25) is 5.02 Å². The SMILES string of the molecule is O=C(NCc1ccc2c(c1)OCO2)c1ccc(NS(=O)(=O)c2ccc(Cl)cc2)cc1. The van der Waals surface area contributed by atoms with E-state index >= 15 is 0 Å². The maximum absolute atomic E-state index is 12.4. The van der Waals surface area contributed by atoms with Gasteiger partial charge in [0.2, 0.25) is 6.79 Å². The van der Waals surface area contributed by atoms with E-state index in [1.165, 1.54) is 36.4 Å². The van der Waals surface area contributed by atoms with Gasteiger partial charge in [0.25, 0.3) is 15.9 Å². The first-order valence-corrected chi connectivity index (χ1v) is 10.8. The monoisotopic (exact) mass is 444 g/mol. The number of carbonyl (C=O) groups excluding carboxylic acids is 1. The fourth-order valence-corrected chi connectivity index (χ4v) is 4.04. The van der Waals surface area contributed by atoms with Crippen LogP contribution in [0.1, 0.15) is 15.9 Å². The van der Waals surface area contributed by atoms with Crippen molar-refractivity contribution in [1.29, 1.82) is 0 Å². The first kappa shape index (κ1) is 20.1. The van der Waals surface area contributed by atoms with Crippen molar-refractivity contribution in [3.8, 4) is 11.5 Å². The molecule has 0 radical (unpaired) electrons. The van der Waals surface area contributed by atoms with Crippen molar-refractivity contribution in [2.24, 2.45) is 0 Å². The van der Waals surface area contributed by atoms with Gasteiger partial charge in [0.05, 0.1) is 4.90 Å². The zero-order chi connectivity index (χ0) is 21.1. The molecule has 154 valence electrons. The first-order chi connectivity index (χ1) is 14.4. The molecule has 0 atom stereocenters. The normalized spacial score (nSPS) is 12.4. The van der Waals surface area contributed by atoms with E-state index in [1.54, 1.807) is 18.2 Å². The molecule has 0 fully saturated rings. The third-order valence-electron chi connectivity index (χ3n) is 4.41. The third kappa shape index (κ3) is 4.50. The lowest BCUT2D eigenvalue weighted by molar-refractivity contribution is 0.0951. The van der Waals surface area contributed by atoms with Crippen molar-refractivity contribution in [1.82, 2.24) is 5.32 Å². The number of benzene rings is 3. The summed E-state index contributed by atoms with van der Waals surface area (Å²) in [4.78, 5) is 12.5. The van der Waals surface area contributed by atoms with Gasteiger partial charge < -0.3 is 14.8 Å². The lowest BCUT2D eigenvalue weighted by Crippen LogP contribution is -2.22. The van der Waals surface area contributed by atoms with Gasteiger partial charge in [0.15, 0.2) is 11.5 Å². The molecule has 0 saturated carbocycles. The van der Waals surface area contributed by atoms with Crippen LogP contribution in [-0.2, 0) is 16.6 Å². The fourth-order valence-electron chi connectivity index (χ4n) is 2.85. The first-order valence-electron chi connectivity index (χ1n) is 8.96. The van der Waals surface area contributed by atoms with Crippen LogP contribution in [-0.4, -0.2) is 21.1 Å². The Morgan fingerprint density at radius 1 is 0.933 bits per heavy atom. The average Bonchev–Trinajstić information content (AvgIpc) is 3.20. The van der Waals surface area contributed by atoms with Gasteiger partial charge in [-0.05, 0) is 66.2 Å². The number of sulfonamides is 1. The predicted molar refractivity (Wildman–Crippen MR) is 112 cm³/mol. The van der Waals surface area contributed by atoms with Gasteiger partial charge in [-0.15, -0.1) is 0 Å². The van der Waals surface area contributed by atoms with Gasteiger partial charge >= 0.3 is 0 Å². The molecule has 2 N–H and O–H groups in total. The maximum Gasteiger partial charge on any atom is 0.261 e. The van der Waals surface area contributed by atoms with Crippen molar-refractivity contribution >= 4 is 33.2 Å². The van der Waals surface area contributed by atoms with Gasteiger partial charge in [0.1, 0.15) is 0 Å². The number of rotatable bonds is 6. The Hall–Kier alpha value is -3.23. The summed E-state index contributed by atoms with van der Waals surface area (Å²) < 4.78 is 37.9. The standard InChI is InChI=1S/C21H17ClN2O5S/c22-16-4-8-18(9-5-16)30(26,27)24-17-6-2-15(3-7-17)21(25)23-12-14-1-10-19-20(11-14)29-13-28-19/h1-11,24H,12-13H2,(H,23,25). The van der Waals surface area contributed by atoms with Gasteiger partial charge in [-0.2, -0.15) is 0 Å². The van der Waals surface area contributed by atoms with E-state index < -0.39 is 10.0 Å². The van der Waals surface area contributed by atoms with E-state index in [-0.39, 0.29) is 17.6 Å². The largest absolute Gasteiger partial charge is 0.454 e. The number of anilines is 1. The van der Waals surface area contributed by atoms with Crippen molar-refractivity contribution in [3.63, 3.8) is 0 Å². The fraction of sp³-hybridized carbons (Fsp3) is 0.0952. The molecule has 0 spiro atoms. The molecule has 9 heteroatoms. The molecule has 1 amide bonds. The third-order valence-corrected chi connectivity index (χ3v) is 6.06. The minimum Gasteiger partial charge on any atom is -0.454 e. The van der Waals surface area contributed by atoms with Gasteiger partial charge in [-0.25, -0.2) is 8.42 Å². The highest BCUT2D eigenvalue weighted by atomic mass is 35.5. The van der Waals surface area contributed by atoms with Crippen molar-refractivity contribution in [3.05, 3.63) is 82.9 Å². The van der Waals surface area contributed by atoms with Crippen molar-refractivity contribution in [2.45, 2.75) is 11.4 Å². The second-order valence-electron chi connectivity index (χ2n) is 6.51. The molecule has 0 aromatic heterocycles. The summed E-state index contributed by atoms with van der Waals surface area (Å²) >= 11 is 5.79. The predicted octanol–water partition coefficient (Wildman–Crippen LogP) is 3.80. The lowest BCUT2D eigenvalue weighted by atomic mass is 10.1. The van der Waals surface area contributed by atoms with Gasteiger partial charge in [-0.3, -0.25) is 9.52 Å². The summed E-state index contributed by atoms with van der Waals surface area (Å²) in [6.45, 7) is 0.514. The number of ether oxygens (including phenoxy) is 2. The summed E-state index contributed by atoms with van der Waals surface area (Å²) in [7, 11) is -3.75. The Morgan fingerprint density at radius 2 is 1.63 bits per heavy atom. The molecule has 4 rings (SSSR count). The molecular formula is C21H17ClN2O5S. The minimum atomic E-state index is -3.75. The van der Waals surface area contributed by atoms with Crippen molar-refractivity contribution in [2.75, 3.05) is 11.5 Å². The summed E-state index contributed by atoms with van der Waals surface area (Å²) in [6.07, 6.45) is 0. The number of nitrogens with one attached hydrogen (secondary N) is 2. The molecular weight excluding hydrogens is 428 g/mol.